The second kappa shape index (κ2) is 9.56. The third kappa shape index (κ3) is 4.87. The van der Waals surface area contributed by atoms with Crippen LogP contribution in [0.15, 0.2) is 66.9 Å². The minimum Gasteiger partial charge on any atom is -0.506 e. The van der Waals surface area contributed by atoms with Crippen molar-refractivity contribution in [1.29, 1.82) is 0 Å². The van der Waals surface area contributed by atoms with Gasteiger partial charge in [0.15, 0.2) is 0 Å². The summed E-state index contributed by atoms with van der Waals surface area (Å²) in [7, 11) is 0. The number of phenols is 1. The van der Waals surface area contributed by atoms with Crippen molar-refractivity contribution in [3.8, 4) is 5.75 Å². The number of hydrogen-bond donors (Lipinski definition) is 2. The number of hydrogen-bond acceptors (Lipinski definition) is 7. The number of benzene rings is 2. The molecule has 1 saturated heterocycles. The van der Waals surface area contributed by atoms with Crippen LogP contribution in [-0.4, -0.2) is 52.0 Å². The van der Waals surface area contributed by atoms with E-state index in [1.54, 1.807) is 35.4 Å². The monoisotopic (exact) mass is 447 g/mol. The topological polar surface area (TPSA) is 112 Å². The highest BCUT2D eigenvalue weighted by Crippen LogP contribution is 2.30. The molecule has 1 amide bonds. The summed E-state index contributed by atoms with van der Waals surface area (Å²) in [4.78, 5) is 32.3. The zero-order valence-corrected chi connectivity index (χ0v) is 18.2. The number of nitro groups is 1. The molecule has 0 aliphatic carbocycles. The second-order valence-corrected chi connectivity index (χ2v) is 7.88. The molecule has 33 heavy (non-hydrogen) atoms. The van der Waals surface area contributed by atoms with Crippen molar-refractivity contribution in [2.45, 2.75) is 13.0 Å². The molecular formula is C24H25N5O4. The predicted octanol–water partition coefficient (Wildman–Crippen LogP) is 3.83. The van der Waals surface area contributed by atoms with Gasteiger partial charge in [-0.15, -0.1) is 0 Å². The van der Waals surface area contributed by atoms with Gasteiger partial charge in [0.05, 0.1) is 22.3 Å². The number of piperazine rings is 1. The van der Waals surface area contributed by atoms with Crippen LogP contribution in [-0.2, 0) is 0 Å². The van der Waals surface area contributed by atoms with Crippen molar-refractivity contribution < 1.29 is 14.8 Å². The quantitative estimate of drug-likeness (QED) is 0.436. The Labute approximate surface area is 191 Å². The lowest BCUT2D eigenvalue weighted by Crippen LogP contribution is -2.48. The molecule has 3 aromatic rings. The number of aromatic nitrogens is 1. The van der Waals surface area contributed by atoms with Crippen LogP contribution in [0.25, 0.3) is 0 Å². The highest BCUT2D eigenvalue weighted by Gasteiger charge is 2.26. The largest absolute Gasteiger partial charge is 0.506 e. The number of aromatic hydroxyl groups is 1. The van der Waals surface area contributed by atoms with Crippen LogP contribution < -0.4 is 10.2 Å². The zero-order valence-electron chi connectivity index (χ0n) is 18.2. The predicted molar refractivity (Wildman–Crippen MR) is 126 cm³/mol. The number of carbonyl (C=O) groups excluding carboxylic acids is 1. The first-order valence-electron chi connectivity index (χ1n) is 10.7. The lowest BCUT2D eigenvalue weighted by atomic mass is 10.1. The zero-order chi connectivity index (χ0) is 23.4. The minimum atomic E-state index is -0.486. The molecular weight excluding hydrogens is 422 g/mol. The second-order valence-electron chi connectivity index (χ2n) is 7.88. The van der Waals surface area contributed by atoms with Gasteiger partial charge >= 0.3 is 0 Å². The number of pyridine rings is 1. The average molecular weight is 447 g/mol. The van der Waals surface area contributed by atoms with Crippen LogP contribution in [0.1, 0.15) is 29.0 Å². The van der Waals surface area contributed by atoms with Gasteiger partial charge in [0.25, 0.3) is 11.6 Å². The van der Waals surface area contributed by atoms with E-state index in [1.807, 2.05) is 42.2 Å². The molecule has 1 aromatic heterocycles. The summed E-state index contributed by atoms with van der Waals surface area (Å²) in [5, 5.41) is 24.9. The molecule has 0 saturated carbocycles. The Hall–Kier alpha value is -4.14. The summed E-state index contributed by atoms with van der Waals surface area (Å²) in [6.07, 6.45) is 1.67. The Morgan fingerprint density at radius 3 is 2.48 bits per heavy atom. The number of para-hydroxylation sites is 2. The first-order valence-corrected chi connectivity index (χ1v) is 10.7. The van der Waals surface area contributed by atoms with Crippen molar-refractivity contribution in [2.75, 3.05) is 36.4 Å². The van der Waals surface area contributed by atoms with Crippen LogP contribution in [0.2, 0.25) is 0 Å². The summed E-state index contributed by atoms with van der Waals surface area (Å²) in [5.74, 6) is -0.0460. The highest BCUT2D eigenvalue weighted by molar-refractivity contribution is 5.96. The Morgan fingerprint density at radius 1 is 1.09 bits per heavy atom. The van der Waals surface area contributed by atoms with Crippen molar-refractivity contribution in [2.24, 2.45) is 0 Å². The van der Waals surface area contributed by atoms with E-state index in [2.05, 4.69) is 10.3 Å². The van der Waals surface area contributed by atoms with Gasteiger partial charge in [-0.1, -0.05) is 18.2 Å². The van der Waals surface area contributed by atoms with E-state index in [4.69, 9.17) is 0 Å². The molecule has 1 aliphatic heterocycles. The third-order valence-corrected chi connectivity index (χ3v) is 5.73. The van der Waals surface area contributed by atoms with E-state index in [0.29, 0.717) is 31.9 Å². The Morgan fingerprint density at radius 2 is 1.82 bits per heavy atom. The van der Waals surface area contributed by atoms with Gasteiger partial charge in [0, 0.05) is 44.0 Å². The van der Waals surface area contributed by atoms with Gasteiger partial charge in [-0.2, -0.15) is 0 Å². The van der Waals surface area contributed by atoms with E-state index in [1.165, 1.54) is 6.07 Å². The molecule has 1 fully saturated rings. The maximum Gasteiger partial charge on any atom is 0.293 e. The fourth-order valence-corrected chi connectivity index (χ4v) is 3.94. The van der Waals surface area contributed by atoms with Gasteiger partial charge in [0.2, 0.25) is 0 Å². The van der Waals surface area contributed by atoms with Crippen LogP contribution in [0.3, 0.4) is 0 Å². The van der Waals surface area contributed by atoms with Crippen molar-refractivity contribution >= 4 is 23.0 Å². The summed E-state index contributed by atoms with van der Waals surface area (Å²) >= 11 is 0. The molecule has 1 unspecified atom stereocenters. The molecule has 9 nitrogen and oxygen atoms in total. The van der Waals surface area contributed by atoms with E-state index < -0.39 is 4.92 Å². The number of carbonyl (C=O) groups is 1. The number of anilines is 2. The van der Waals surface area contributed by atoms with Gasteiger partial charge in [-0.05, 0) is 43.3 Å². The molecule has 4 rings (SSSR count). The fourth-order valence-electron chi connectivity index (χ4n) is 3.94. The summed E-state index contributed by atoms with van der Waals surface area (Å²) < 4.78 is 0. The highest BCUT2D eigenvalue weighted by atomic mass is 16.6. The Kier molecular flexibility index (Phi) is 6.39. The molecule has 0 spiro atoms. The fraction of sp³-hybridized carbons (Fsp3) is 0.250. The lowest BCUT2D eigenvalue weighted by Gasteiger charge is -2.36. The number of rotatable bonds is 6. The maximum atomic E-state index is 13.0. The minimum absolute atomic E-state index is 0.156. The van der Waals surface area contributed by atoms with E-state index in [-0.39, 0.29) is 28.9 Å². The molecule has 2 heterocycles. The van der Waals surface area contributed by atoms with Crippen LogP contribution in [0, 0.1) is 10.1 Å². The Bertz CT molecular complexity index is 1150. The average Bonchev–Trinajstić information content (AvgIpc) is 2.84. The van der Waals surface area contributed by atoms with Gasteiger partial charge in [0.1, 0.15) is 11.4 Å². The van der Waals surface area contributed by atoms with Crippen LogP contribution in [0.5, 0.6) is 5.75 Å². The van der Waals surface area contributed by atoms with E-state index in [9.17, 15) is 20.0 Å². The van der Waals surface area contributed by atoms with Crippen LogP contribution >= 0.6 is 0 Å². The maximum absolute atomic E-state index is 13.0. The molecule has 1 aliphatic rings. The van der Waals surface area contributed by atoms with Gasteiger partial charge in [-0.25, -0.2) is 0 Å². The molecule has 170 valence electrons. The number of nitro benzene ring substituents is 1. The molecule has 2 N–H and O–H groups in total. The summed E-state index contributed by atoms with van der Waals surface area (Å²) in [6, 6.07) is 16.9. The first kappa shape index (κ1) is 22.1. The standard InChI is InChI=1S/C24H25N5O4/c1-17(19-6-4-5-11-25-19)26-20-10-9-18(16-22(20)29(32)33)24(31)28-14-12-27(13-15-28)21-7-2-3-8-23(21)30/h2-11,16-17,26,30H,12-15H2,1H3. The Balaban J connectivity index is 1.46. The van der Waals surface area contributed by atoms with Gasteiger partial charge in [-0.3, -0.25) is 19.9 Å². The molecule has 2 aromatic carbocycles. The number of nitrogens with zero attached hydrogens (tertiary/aromatic N) is 4. The van der Waals surface area contributed by atoms with Crippen molar-refractivity contribution in [1.82, 2.24) is 9.88 Å². The van der Waals surface area contributed by atoms with E-state index >= 15 is 0 Å². The number of nitrogens with one attached hydrogen (secondary N) is 1. The molecule has 9 heteroatoms. The lowest BCUT2D eigenvalue weighted by molar-refractivity contribution is -0.384. The normalized spacial score (nSPS) is 14.6. The van der Waals surface area contributed by atoms with Gasteiger partial charge < -0.3 is 20.2 Å². The smallest absolute Gasteiger partial charge is 0.293 e. The summed E-state index contributed by atoms with van der Waals surface area (Å²) in [5.41, 5.74) is 1.94. The third-order valence-electron chi connectivity index (χ3n) is 5.73. The van der Waals surface area contributed by atoms with Crippen molar-refractivity contribution in [3.63, 3.8) is 0 Å². The number of amides is 1. The van der Waals surface area contributed by atoms with Crippen LogP contribution in [0.4, 0.5) is 17.1 Å². The molecule has 0 radical (unpaired) electrons. The summed E-state index contributed by atoms with van der Waals surface area (Å²) in [6.45, 7) is 3.91. The SMILES string of the molecule is CC(Nc1ccc(C(=O)N2CCN(c3ccccc3O)CC2)cc1[N+](=O)[O-])c1ccccn1. The number of phenolic OH excluding ortho intramolecular Hbond substituents is 1. The van der Waals surface area contributed by atoms with Crippen molar-refractivity contribution in [3.05, 3.63) is 88.2 Å². The first-order chi connectivity index (χ1) is 15.9. The molecule has 1 atom stereocenters. The molecule has 0 bridgehead atoms. The van der Waals surface area contributed by atoms with E-state index in [0.717, 1.165) is 11.4 Å².